The number of sulfonamides is 1. The van der Waals surface area contributed by atoms with Crippen molar-refractivity contribution in [3.8, 4) is 0 Å². The summed E-state index contributed by atoms with van der Waals surface area (Å²) in [5, 5.41) is 9.00. The molecule has 0 aliphatic rings. The Morgan fingerprint density at radius 3 is 2.10 bits per heavy atom. The van der Waals surface area contributed by atoms with Crippen LogP contribution in [0.5, 0.6) is 0 Å². The van der Waals surface area contributed by atoms with E-state index >= 15 is 0 Å². The number of rotatable bonds is 7. The van der Waals surface area contributed by atoms with Gasteiger partial charge in [0.2, 0.25) is 10.0 Å². The van der Waals surface area contributed by atoms with Gasteiger partial charge in [-0.25, -0.2) is 13.2 Å². The van der Waals surface area contributed by atoms with E-state index in [1.54, 1.807) is 0 Å². The predicted octanol–water partition coefficient (Wildman–Crippen LogP) is 2.69. The number of carbonyl (C=O) groups is 1. The molecule has 118 valence electrons. The molecule has 0 heterocycles. The average molecular weight is 313 g/mol. The van der Waals surface area contributed by atoms with Gasteiger partial charge in [0.25, 0.3) is 0 Å². The Hall–Kier alpha value is -1.40. The predicted molar refractivity (Wildman–Crippen MR) is 81.8 cm³/mol. The van der Waals surface area contributed by atoms with E-state index in [1.165, 1.54) is 28.6 Å². The summed E-state index contributed by atoms with van der Waals surface area (Å²) in [5.74, 6) is -0.742. The van der Waals surface area contributed by atoms with E-state index in [1.807, 2.05) is 27.7 Å². The second-order valence-electron chi connectivity index (χ2n) is 5.94. The van der Waals surface area contributed by atoms with Crippen LogP contribution in [0.4, 0.5) is 0 Å². The van der Waals surface area contributed by atoms with E-state index < -0.39 is 16.0 Å². The molecule has 6 heteroatoms. The van der Waals surface area contributed by atoms with Gasteiger partial charge >= 0.3 is 5.97 Å². The molecule has 0 aromatic heterocycles. The third-order valence-electron chi connectivity index (χ3n) is 2.86. The number of nitrogens with zero attached hydrogens (tertiary/aromatic N) is 1. The molecule has 1 N–H and O–H groups in total. The quantitative estimate of drug-likeness (QED) is 0.840. The van der Waals surface area contributed by atoms with Crippen LogP contribution in [-0.4, -0.2) is 36.9 Å². The summed E-state index contributed by atoms with van der Waals surface area (Å²) in [4.78, 5) is 11.0. The first-order valence-corrected chi connectivity index (χ1v) is 8.42. The highest BCUT2D eigenvalue weighted by Gasteiger charge is 2.26. The molecule has 0 radical (unpaired) electrons. The van der Waals surface area contributed by atoms with E-state index in [4.69, 9.17) is 5.11 Å². The van der Waals surface area contributed by atoms with Crippen molar-refractivity contribution in [3.05, 3.63) is 29.8 Å². The lowest BCUT2D eigenvalue weighted by Gasteiger charge is -2.25. The second-order valence-corrected chi connectivity index (χ2v) is 7.88. The number of benzene rings is 1. The molecular formula is C15H23NO4S. The van der Waals surface area contributed by atoms with Crippen molar-refractivity contribution in [2.24, 2.45) is 11.8 Å². The second kappa shape index (κ2) is 7.04. The zero-order valence-corrected chi connectivity index (χ0v) is 13.7. The van der Waals surface area contributed by atoms with Crippen LogP contribution in [0.3, 0.4) is 0 Å². The highest BCUT2D eigenvalue weighted by molar-refractivity contribution is 7.89. The van der Waals surface area contributed by atoms with E-state index in [0.29, 0.717) is 13.1 Å². The molecule has 0 spiro atoms. The maximum atomic E-state index is 12.7. The molecule has 0 unspecified atom stereocenters. The first-order valence-electron chi connectivity index (χ1n) is 6.98. The highest BCUT2D eigenvalue weighted by atomic mass is 32.2. The minimum absolute atomic E-state index is 0.0230. The number of aromatic carboxylic acids is 1. The molecule has 0 fully saturated rings. The zero-order valence-electron chi connectivity index (χ0n) is 12.9. The fraction of sp³-hybridized carbons (Fsp3) is 0.533. The summed E-state index contributed by atoms with van der Waals surface area (Å²) in [6.07, 6.45) is 0. The normalized spacial score (nSPS) is 12.3. The molecule has 1 aromatic carbocycles. The maximum absolute atomic E-state index is 12.7. The molecule has 0 amide bonds. The fourth-order valence-corrected chi connectivity index (χ4v) is 3.84. The molecule has 5 nitrogen and oxygen atoms in total. The number of carboxylic acid groups (broad SMARTS) is 1. The Morgan fingerprint density at radius 1 is 1.14 bits per heavy atom. The van der Waals surface area contributed by atoms with Crippen LogP contribution < -0.4 is 0 Å². The van der Waals surface area contributed by atoms with Crippen molar-refractivity contribution in [1.29, 1.82) is 0 Å². The first-order chi connectivity index (χ1) is 9.64. The van der Waals surface area contributed by atoms with Gasteiger partial charge in [-0.3, -0.25) is 0 Å². The lowest BCUT2D eigenvalue weighted by atomic mass is 10.2. The standard InChI is InChI=1S/C15H23NO4S/c1-11(2)9-16(10-12(3)4)21(19,20)14-7-5-6-13(8-14)15(17)18/h5-8,11-12H,9-10H2,1-4H3,(H,17,18). The van der Waals surface area contributed by atoms with Crippen LogP contribution in [0.25, 0.3) is 0 Å². The number of hydrogen-bond donors (Lipinski definition) is 1. The molecule has 1 rings (SSSR count). The van der Waals surface area contributed by atoms with E-state index in [9.17, 15) is 13.2 Å². The summed E-state index contributed by atoms with van der Waals surface area (Å²) in [6.45, 7) is 8.65. The van der Waals surface area contributed by atoms with Crippen LogP contribution in [0.1, 0.15) is 38.1 Å². The first kappa shape index (κ1) is 17.7. The number of carboxylic acids is 1. The minimum Gasteiger partial charge on any atom is -0.478 e. The fourth-order valence-electron chi connectivity index (χ4n) is 2.02. The third kappa shape index (κ3) is 4.82. The molecular weight excluding hydrogens is 290 g/mol. The van der Waals surface area contributed by atoms with Crippen molar-refractivity contribution < 1.29 is 18.3 Å². The molecule has 1 aromatic rings. The van der Waals surface area contributed by atoms with Gasteiger partial charge in [-0.15, -0.1) is 0 Å². The van der Waals surface area contributed by atoms with Gasteiger partial charge in [0.05, 0.1) is 10.5 Å². The van der Waals surface area contributed by atoms with Crippen molar-refractivity contribution in [1.82, 2.24) is 4.31 Å². The Bertz CT molecular complexity index is 583. The lowest BCUT2D eigenvalue weighted by Crippen LogP contribution is -2.37. The molecule has 0 bridgehead atoms. The van der Waals surface area contributed by atoms with Gasteiger partial charge in [-0.2, -0.15) is 4.31 Å². The maximum Gasteiger partial charge on any atom is 0.335 e. The Morgan fingerprint density at radius 2 is 1.67 bits per heavy atom. The van der Waals surface area contributed by atoms with Crippen LogP contribution in [0.2, 0.25) is 0 Å². The van der Waals surface area contributed by atoms with Gasteiger partial charge in [0.15, 0.2) is 0 Å². The van der Waals surface area contributed by atoms with Crippen molar-refractivity contribution in [2.75, 3.05) is 13.1 Å². The summed E-state index contributed by atoms with van der Waals surface area (Å²) >= 11 is 0. The zero-order chi connectivity index (χ0) is 16.2. The van der Waals surface area contributed by atoms with E-state index in [-0.39, 0.29) is 22.3 Å². The molecule has 21 heavy (non-hydrogen) atoms. The molecule has 0 saturated heterocycles. The lowest BCUT2D eigenvalue weighted by molar-refractivity contribution is 0.0696. The van der Waals surface area contributed by atoms with Gasteiger partial charge in [0.1, 0.15) is 0 Å². The van der Waals surface area contributed by atoms with Gasteiger partial charge < -0.3 is 5.11 Å². The summed E-state index contributed by atoms with van der Waals surface area (Å²) in [7, 11) is -3.68. The van der Waals surface area contributed by atoms with Gasteiger partial charge in [0, 0.05) is 13.1 Å². The monoisotopic (exact) mass is 313 g/mol. The molecule has 0 atom stereocenters. The van der Waals surface area contributed by atoms with Gasteiger partial charge in [-0.05, 0) is 30.0 Å². The highest BCUT2D eigenvalue weighted by Crippen LogP contribution is 2.20. The van der Waals surface area contributed by atoms with Crippen molar-refractivity contribution in [3.63, 3.8) is 0 Å². The minimum atomic E-state index is -3.68. The summed E-state index contributed by atoms with van der Waals surface area (Å²) in [5.41, 5.74) is -0.0230. The molecule has 0 aliphatic carbocycles. The molecule has 0 aliphatic heterocycles. The number of hydrogen-bond acceptors (Lipinski definition) is 3. The van der Waals surface area contributed by atoms with Gasteiger partial charge in [-0.1, -0.05) is 33.8 Å². The van der Waals surface area contributed by atoms with E-state index in [2.05, 4.69) is 0 Å². The van der Waals surface area contributed by atoms with E-state index in [0.717, 1.165) is 0 Å². The van der Waals surface area contributed by atoms with Crippen molar-refractivity contribution in [2.45, 2.75) is 32.6 Å². The van der Waals surface area contributed by atoms with Crippen molar-refractivity contribution >= 4 is 16.0 Å². The van der Waals surface area contributed by atoms with Crippen LogP contribution in [0.15, 0.2) is 29.2 Å². The van der Waals surface area contributed by atoms with Crippen LogP contribution in [0, 0.1) is 11.8 Å². The largest absolute Gasteiger partial charge is 0.478 e. The van der Waals surface area contributed by atoms with Crippen LogP contribution >= 0.6 is 0 Å². The Kier molecular flexibility index (Phi) is 5.92. The summed E-state index contributed by atoms with van der Waals surface area (Å²) < 4.78 is 26.9. The third-order valence-corrected chi connectivity index (χ3v) is 4.68. The SMILES string of the molecule is CC(C)CN(CC(C)C)S(=O)(=O)c1cccc(C(=O)O)c1. The van der Waals surface area contributed by atoms with Crippen LogP contribution in [-0.2, 0) is 10.0 Å². The average Bonchev–Trinajstić information content (AvgIpc) is 2.37. The smallest absolute Gasteiger partial charge is 0.335 e. The Labute approximate surface area is 126 Å². The summed E-state index contributed by atoms with van der Waals surface area (Å²) in [6, 6.07) is 5.50. The molecule has 0 saturated carbocycles. The topological polar surface area (TPSA) is 74.7 Å². The Balaban J connectivity index is 3.21.